The summed E-state index contributed by atoms with van der Waals surface area (Å²) in [4.78, 5) is 38.2. The summed E-state index contributed by atoms with van der Waals surface area (Å²) in [6.07, 6.45) is 79.0. The van der Waals surface area contributed by atoms with Gasteiger partial charge in [-0.1, -0.05) is 261 Å². The van der Waals surface area contributed by atoms with Crippen LogP contribution < -0.4 is 0 Å². The molecular weight excluding hydrogens is 901 g/mol. The molecule has 1 unspecified atom stereocenters. The maximum absolute atomic E-state index is 12.9. The Morgan fingerprint density at radius 1 is 0.274 bits per heavy atom. The lowest BCUT2D eigenvalue weighted by atomic mass is 10.0. The summed E-state index contributed by atoms with van der Waals surface area (Å²) in [6, 6.07) is 0. The van der Waals surface area contributed by atoms with Crippen LogP contribution in [0, 0.1) is 0 Å². The molecule has 0 aliphatic rings. The molecule has 0 aliphatic carbocycles. The number of rotatable bonds is 57. The average molecular weight is 1020 g/mol. The summed E-state index contributed by atoms with van der Waals surface area (Å²) in [5.74, 6) is -0.897. The summed E-state index contributed by atoms with van der Waals surface area (Å²) >= 11 is 0. The second-order valence-electron chi connectivity index (χ2n) is 21.0. The monoisotopic (exact) mass is 1020 g/mol. The van der Waals surface area contributed by atoms with Crippen molar-refractivity contribution in [2.45, 2.75) is 322 Å². The first-order valence-corrected chi connectivity index (χ1v) is 31.4. The number of esters is 3. The summed E-state index contributed by atoms with van der Waals surface area (Å²) in [5.41, 5.74) is 0. The summed E-state index contributed by atoms with van der Waals surface area (Å²) in [6.45, 7) is 6.58. The van der Waals surface area contributed by atoms with Crippen LogP contribution in [0.5, 0.6) is 0 Å². The van der Waals surface area contributed by atoms with E-state index in [0.29, 0.717) is 19.3 Å². The van der Waals surface area contributed by atoms with E-state index in [9.17, 15) is 14.4 Å². The number of carbonyl (C=O) groups excluding carboxylic acids is 3. The molecule has 1 atom stereocenters. The number of hydrogen-bond acceptors (Lipinski definition) is 6. The van der Waals surface area contributed by atoms with Crippen molar-refractivity contribution < 1.29 is 28.6 Å². The Kier molecular flexibility index (Phi) is 58.7. The molecule has 0 N–H and O–H groups in total. The van der Waals surface area contributed by atoms with Crippen LogP contribution in [0.25, 0.3) is 0 Å². The Labute approximate surface area is 453 Å². The molecule has 0 fully saturated rings. The van der Waals surface area contributed by atoms with E-state index in [1.807, 2.05) is 0 Å². The molecule has 0 saturated carbocycles. The van der Waals surface area contributed by atoms with Crippen molar-refractivity contribution >= 4 is 17.9 Å². The number of unbranched alkanes of at least 4 members (excludes halogenated alkanes) is 34. The molecule has 0 saturated heterocycles. The molecule has 0 aromatic carbocycles. The maximum atomic E-state index is 12.9. The summed E-state index contributed by atoms with van der Waals surface area (Å²) in [7, 11) is 0. The van der Waals surface area contributed by atoms with E-state index in [0.717, 1.165) is 103 Å². The van der Waals surface area contributed by atoms with Crippen molar-refractivity contribution in [3.05, 3.63) is 72.9 Å². The third-order valence-electron chi connectivity index (χ3n) is 13.7. The van der Waals surface area contributed by atoms with Crippen LogP contribution in [0.15, 0.2) is 72.9 Å². The maximum Gasteiger partial charge on any atom is 0.306 e. The van der Waals surface area contributed by atoms with Gasteiger partial charge in [-0.2, -0.15) is 0 Å². The lowest BCUT2D eigenvalue weighted by Gasteiger charge is -2.18. The Balaban J connectivity index is 4.27. The summed E-state index contributed by atoms with van der Waals surface area (Å²) in [5, 5.41) is 0. The molecule has 0 aliphatic heterocycles. The van der Waals surface area contributed by atoms with E-state index in [1.165, 1.54) is 173 Å². The third-order valence-corrected chi connectivity index (χ3v) is 13.7. The number of ether oxygens (including phenoxy) is 3. The van der Waals surface area contributed by atoms with Crippen LogP contribution in [0.1, 0.15) is 316 Å². The van der Waals surface area contributed by atoms with Gasteiger partial charge in [0.2, 0.25) is 0 Å². The van der Waals surface area contributed by atoms with Crippen LogP contribution in [0.2, 0.25) is 0 Å². The van der Waals surface area contributed by atoms with Gasteiger partial charge < -0.3 is 14.2 Å². The highest BCUT2D eigenvalue weighted by Gasteiger charge is 2.19. The first-order valence-electron chi connectivity index (χ1n) is 31.4. The fourth-order valence-electron chi connectivity index (χ4n) is 8.87. The highest BCUT2D eigenvalue weighted by molar-refractivity contribution is 5.71. The highest BCUT2D eigenvalue weighted by atomic mass is 16.6. The largest absolute Gasteiger partial charge is 0.462 e. The lowest BCUT2D eigenvalue weighted by molar-refractivity contribution is -0.167. The van der Waals surface area contributed by atoms with Crippen LogP contribution in [-0.2, 0) is 28.6 Å². The average Bonchev–Trinajstić information content (AvgIpc) is 3.39. The zero-order chi connectivity index (χ0) is 52.9. The second-order valence-corrected chi connectivity index (χ2v) is 21.0. The standard InChI is InChI=1S/C67H118O6/c1-4-7-10-13-16-19-22-25-28-29-30-31-32-33-34-35-36-37-38-39-40-43-45-48-51-54-57-60-66(69)72-63-64(73-67(70)61-58-55-52-49-46-42-27-24-21-18-15-12-9-6-3)62-71-65(68)59-56-53-50-47-44-41-26-23-20-17-14-11-8-5-2/h15,18,22-27,29-30,32-33,64H,4-14,16-17,19-21,28,31,34-63H2,1-3H3/b18-15-,25-22-,26-23-,27-24-,30-29-,33-32-. The van der Waals surface area contributed by atoms with Gasteiger partial charge in [-0.3, -0.25) is 14.4 Å². The predicted octanol–water partition coefficient (Wildman–Crippen LogP) is 21.3. The quantitative estimate of drug-likeness (QED) is 0.0261. The van der Waals surface area contributed by atoms with Gasteiger partial charge in [0.1, 0.15) is 13.2 Å². The number of hydrogen-bond donors (Lipinski definition) is 0. The van der Waals surface area contributed by atoms with E-state index in [4.69, 9.17) is 14.2 Å². The van der Waals surface area contributed by atoms with Gasteiger partial charge in [0.15, 0.2) is 6.10 Å². The zero-order valence-corrected chi connectivity index (χ0v) is 48.4. The smallest absolute Gasteiger partial charge is 0.306 e. The lowest BCUT2D eigenvalue weighted by Crippen LogP contribution is -2.30. The molecule has 0 radical (unpaired) electrons. The SMILES string of the molecule is CCCC/C=C\C/C=C\CCCCCCCC(=O)OC(COC(=O)CCCCCCC/C=C\CCCCCCC)COC(=O)CCCCCCCCCCCCCC/C=C\C/C=C\C/C=C\CCCCCCC. The minimum atomic E-state index is -0.787. The fraction of sp³-hybridized carbons (Fsp3) is 0.776. The van der Waals surface area contributed by atoms with Crippen LogP contribution in [0.4, 0.5) is 0 Å². The van der Waals surface area contributed by atoms with E-state index < -0.39 is 6.10 Å². The van der Waals surface area contributed by atoms with Crippen molar-refractivity contribution in [1.29, 1.82) is 0 Å². The van der Waals surface area contributed by atoms with Gasteiger partial charge in [-0.05, 0) is 109 Å². The first kappa shape index (κ1) is 69.8. The van der Waals surface area contributed by atoms with E-state index in [2.05, 4.69) is 93.7 Å². The molecule has 0 rings (SSSR count). The molecule has 0 heterocycles. The van der Waals surface area contributed by atoms with Gasteiger partial charge in [0, 0.05) is 19.3 Å². The van der Waals surface area contributed by atoms with Gasteiger partial charge in [0.05, 0.1) is 0 Å². The van der Waals surface area contributed by atoms with Gasteiger partial charge in [0.25, 0.3) is 0 Å². The Bertz CT molecular complexity index is 1360. The van der Waals surface area contributed by atoms with Crippen LogP contribution >= 0.6 is 0 Å². The second kappa shape index (κ2) is 61.4. The molecule has 0 aromatic heterocycles. The molecule has 6 nitrogen and oxygen atoms in total. The van der Waals surface area contributed by atoms with Crippen LogP contribution in [-0.4, -0.2) is 37.2 Å². The predicted molar refractivity (Wildman–Crippen MR) is 316 cm³/mol. The highest BCUT2D eigenvalue weighted by Crippen LogP contribution is 2.16. The van der Waals surface area contributed by atoms with Gasteiger partial charge >= 0.3 is 17.9 Å². The molecule has 6 heteroatoms. The Morgan fingerprint density at radius 2 is 0.507 bits per heavy atom. The van der Waals surface area contributed by atoms with Gasteiger partial charge in [-0.15, -0.1) is 0 Å². The molecule has 73 heavy (non-hydrogen) atoms. The van der Waals surface area contributed by atoms with Crippen LogP contribution in [0.3, 0.4) is 0 Å². The number of carbonyl (C=O) groups is 3. The van der Waals surface area contributed by atoms with Crippen molar-refractivity contribution in [3.63, 3.8) is 0 Å². The normalized spacial score (nSPS) is 12.5. The zero-order valence-electron chi connectivity index (χ0n) is 48.4. The Hall–Kier alpha value is -3.15. The van der Waals surface area contributed by atoms with Crippen molar-refractivity contribution in [1.82, 2.24) is 0 Å². The van der Waals surface area contributed by atoms with E-state index in [1.54, 1.807) is 0 Å². The third kappa shape index (κ3) is 59.6. The Morgan fingerprint density at radius 3 is 0.822 bits per heavy atom. The first-order chi connectivity index (χ1) is 36.0. The van der Waals surface area contributed by atoms with E-state index in [-0.39, 0.29) is 31.1 Å². The van der Waals surface area contributed by atoms with Gasteiger partial charge in [-0.25, -0.2) is 0 Å². The fourth-order valence-corrected chi connectivity index (χ4v) is 8.87. The molecule has 422 valence electrons. The van der Waals surface area contributed by atoms with Crippen molar-refractivity contribution in [2.75, 3.05) is 13.2 Å². The molecule has 0 aromatic rings. The topological polar surface area (TPSA) is 78.9 Å². The molecule has 0 spiro atoms. The molecule has 0 bridgehead atoms. The van der Waals surface area contributed by atoms with E-state index >= 15 is 0 Å². The molecular formula is C67H118O6. The minimum absolute atomic E-state index is 0.0834. The van der Waals surface area contributed by atoms with Crippen molar-refractivity contribution in [3.8, 4) is 0 Å². The molecule has 0 amide bonds. The van der Waals surface area contributed by atoms with Crippen molar-refractivity contribution in [2.24, 2.45) is 0 Å². The minimum Gasteiger partial charge on any atom is -0.462 e. The number of allylic oxidation sites excluding steroid dienone is 12. The summed E-state index contributed by atoms with van der Waals surface area (Å²) < 4.78 is 16.9.